The lowest BCUT2D eigenvalue weighted by Gasteiger charge is -2.09. The fraction of sp³-hybridized carbons (Fsp3) is 0.214. The number of aromatic nitrogens is 2. The molecule has 0 unspecified atom stereocenters. The summed E-state index contributed by atoms with van der Waals surface area (Å²) in [6.45, 7) is 10.5. The van der Waals surface area contributed by atoms with Crippen LogP contribution in [0, 0.1) is 27.7 Å². The Bertz CT molecular complexity index is 1190. The Morgan fingerprint density at radius 2 is 1.20 bits per heavy atom. The van der Waals surface area contributed by atoms with Crippen molar-refractivity contribution in [1.82, 2.24) is 0 Å². The molecular formula is C28H30N2+2. The van der Waals surface area contributed by atoms with Gasteiger partial charge in [0.1, 0.15) is 0 Å². The first-order valence-electron chi connectivity index (χ1n) is 10.6. The molecule has 30 heavy (non-hydrogen) atoms. The molecule has 0 fully saturated rings. The van der Waals surface area contributed by atoms with E-state index in [2.05, 4.69) is 122 Å². The molecule has 0 saturated heterocycles. The van der Waals surface area contributed by atoms with Crippen molar-refractivity contribution >= 4 is 0 Å². The van der Waals surface area contributed by atoms with Gasteiger partial charge in [-0.15, -0.1) is 0 Å². The first kappa shape index (κ1) is 20.0. The molecule has 4 rings (SSSR count). The van der Waals surface area contributed by atoms with Gasteiger partial charge in [0.25, 0.3) is 0 Å². The molecule has 2 heterocycles. The van der Waals surface area contributed by atoms with Crippen LogP contribution in [-0.4, -0.2) is 0 Å². The molecule has 2 nitrogen and oxygen atoms in total. The number of aryl methyl sites for hydroxylation is 6. The van der Waals surface area contributed by atoms with Crippen LogP contribution in [-0.2, 0) is 13.1 Å². The Kier molecular flexibility index (Phi) is 5.76. The van der Waals surface area contributed by atoms with Gasteiger partial charge in [-0.05, 0) is 62.6 Å². The zero-order valence-corrected chi connectivity index (χ0v) is 18.4. The van der Waals surface area contributed by atoms with E-state index in [0.717, 1.165) is 13.1 Å². The van der Waals surface area contributed by atoms with Crippen molar-refractivity contribution in [3.8, 4) is 22.5 Å². The van der Waals surface area contributed by atoms with Gasteiger partial charge in [0.15, 0.2) is 12.4 Å². The molecule has 0 radical (unpaired) electrons. The van der Waals surface area contributed by atoms with Crippen molar-refractivity contribution < 1.29 is 9.13 Å². The molecule has 0 aliphatic heterocycles. The standard InChI is InChI=1S/C28H30N2/c1-21-12-13-24(4)26(19-21)28-20-22(2)14-16-30(28)18-17-29-15-8-7-11-27(29)25-10-6-5-9-23(25)3/h5-16,19-20H,17-18H2,1-4H3/q+2. The zero-order chi connectivity index (χ0) is 21.1. The molecule has 4 aromatic rings. The molecule has 0 bridgehead atoms. The Balaban J connectivity index is 1.70. The third-order valence-electron chi connectivity index (χ3n) is 5.80. The molecule has 0 atom stereocenters. The SMILES string of the molecule is Cc1ccc(C)c(-c2cc(C)cc[n+]2CC[n+]2ccccc2-c2ccccc2C)c1. The number of pyridine rings is 2. The van der Waals surface area contributed by atoms with Gasteiger partial charge in [0.05, 0.1) is 0 Å². The molecule has 0 spiro atoms. The van der Waals surface area contributed by atoms with E-state index in [0.29, 0.717) is 0 Å². The summed E-state index contributed by atoms with van der Waals surface area (Å²) in [5.41, 5.74) is 10.3. The van der Waals surface area contributed by atoms with E-state index in [1.807, 2.05) is 0 Å². The van der Waals surface area contributed by atoms with E-state index < -0.39 is 0 Å². The van der Waals surface area contributed by atoms with Gasteiger partial charge in [-0.2, -0.15) is 9.13 Å². The van der Waals surface area contributed by atoms with Gasteiger partial charge in [0, 0.05) is 35.4 Å². The molecule has 2 aromatic carbocycles. The van der Waals surface area contributed by atoms with Gasteiger partial charge < -0.3 is 0 Å². The topological polar surface area (TPSA) is 7.76 Å². The van der Waals surface area contributed by atoms with E-state index in [9.17, 15) is 0 Å². The third kappa shape index (κ3) is 4.18. The predicted octanol–water partition coefficient (Wildman–Crippen LogP) is 5.53. The van der Waals surface area contributed by atoms with Crippen LogP contribution in [0.3, 0.4) is 0 Å². The zero-order valence-electron chi connectivity index (χ0n) is 18.4. The van der Waals surface area contributed by atoms with Crippen molar-refractivity contribution in [3.63, 3.8) is 0 Å². The summed E-state index contributed by atoms with van der Waals surface area (Å²) in [5.74, 6) is 0. The third-order valence-corrected chi connectivity index (χ3v) is 5.80. The van der Waals surface area contributed by atoms with Gasteiger partial charge in [-0.25, -0.2) is 0 Å². The Labute approximate surface area is 180 Å². The van der Waals surface area contributed by atoms with E-state index in [1.54, 1.807) is 0 Å². The summed E-state index contributed by atoms with van der Waals surface area (Å²) in [6, 6.07) is 26.3. The summed E-state index contributed by atoms with van der Waals surface area (Å²) >= 11 is 0. The van der Waals surface area contributed by atoms with Crippen LogP contribution in [0.15, 0.2) is 85.2 Å². The predicted molar refractivity (Wildman–Crippen MR) is 123 cm³/mol. The van der Waals surface area contributed by atoms with Crippen LogP contribution in [0.4, 0.5) is 0 Å². The largest absolute Gasteiger partial charge is 0.213 e. The quantitative estimate of drug-likeness (QED) is 0.393. The molecule has 150 valence electrons. The summed E-state index contributed by atoms with van der Waals surface area (Å²) < 4.78 is 4.75. The fourth-order valence-electron chi connectivity index (χ4n) is 4.07. The lowest BCUT2D eigenvalue weighted by molar-refractivity contribution is -0.768. The molecule has 0 aliphatic carbocycles. The molecule has 0 saturated carbocycles. The Hall–Kier alpha value is -3.26. The number of nitrogens with zero attached hydrogens (tertiary/aromatic N) is 2. The molecule has 2 heteroatoms. The number of hydrogen-bond acceptors (Lipinski definition) is 0. The van der Waals surface area contributed by atoms with Gasteiger partial charge in [-0.1, -0.05) is 35.9 Å². The van der Waals surface area contributed by atoms with Crippen molar-refractivity contribution in [2.45, 2.75) is 40.8 Å². The van der Waals surface area contributed by atoms with E-state index >= 15 is 0 Å². The minimum Gasteiger partial charge on any atom is -0.192 e. The number of benzene rings is 2. The van der Waals surface area contributed by atoms with Crippen LogP contribution < -0.4 is 9.13 Å². The fourth-order valence-corrected chi connectivity index (χ4v) is 4.07. The normalized spacial score (nSPS) is 10.9. The van der Waals surface area contributed by atoms with E-state index in [-0.39, 0.29) is 0 Å². The van der Waals surface area contributed by atoms with Gasteiger partial charge in [0.2, 0.25) is 24.5 Å². The first-order valence-corrected chi connectivity index (χ1v) is 10.6. The van der Waals surface area contributed by atoms with Gasteiger partial charge in [-0.3, -0.25) is 0 Å². The summed E-state index contributed by atoms with van der Waals surface area (Å²) in [6.07, 6.45) is 4.41. The molecular weight excluding hydrogens is 364 g/mol. The molecule has 0 amide bonds. The highest BCUT2D eigenvalue weighted by Gasteiger charge is 2.20. The van der Waals surface area contributed by atoms with Crippen LogP contribution in [0.2, 0.25) is 0 Å². The lowest BCUT2D eigenvalue weighted by atomic mass is 10.0. The average Bonchev–Trinajstić information content (AvgIpc) is 2.75. The van der Waals surface area contributed by atoms with Crippen molar-refractivity contribution in [2.24, 2.45) is 0 Å². The smallest absolute Gasteiger partial charge is 0.192 e. The van der Waals surface area contributed by atoms with E-state index in [1.165, 1.54) is 44.8 Å². The van der Waals surface area contributed by atoms with Crippen molar-refractivity contribution in [2.75, 3.05) is 0 Å². The van der Waals surface area contributed by atoms with Crippen LogP contribution >= 0.6 is 0 Å². The van der Waals surface area contributed by atoms with E-state index in [4.69, 9.17) is 0 Å². The molecule has 0 aliphatic rings. The summed E-state index contributed by atoms with van der Waals surface area (Å²) in [5, 5.41) is 0. The minimum atomic E-state index is 0.913. The number of hydrogen-bond donors (Lipinski definition) is 0. The van der Waals surface area contributed by atoms with Crippen LogP contribution in [0.25, 0.3) is 22.5 Å². The second-order valence-corrected chi connectivity index (χ2v) is 8.20. The lowest BCUT2D eigenvalue weighted by Crippen LogP contribution is -2.46. The highest BCUT2D eigenvalue weighted by Crippen LogP contribution is 2.23. The molecule has 0 N–H and O–H groups in total. The maximum Gasteiger partial charge on any atom is 0.213 e. The summed E-state index contributed by atoms with van der Waals surface area (Å²) in [7, 11) is 0. The maximum atomic E-state index is 2.39. The van der Waals surface area contributed by atoms with Crippen LogP contribution in [0.1, 0.15) is 22.3 Å². The van der Waals surface area contributed by atoms with Crippen LogP contribution in [0.5, 0.6) is 0 Å². The highest BCUT2D eigenvalue weighted by molar-refractivity contribution is 5.62. The second-order valence-electron chi connectivity index (χ2n) is 8.20. The summed E-state index contributed by atoms with van der Waals surface area (Å²) in [4.78, 5) is 0. The highest BCUT2D eigenvalue weighted by atomic mass is 15.0. The minimum absolute atomic E-state index is 0.913. The van der Waals surface area contributed by atoms with Gasteiger partial charge >= 0.3 is 0 Å². The molecule has 2 aromatic heterocycles. The number of rotatable bonds is 5. The second kappa shape index (κ2) is 8.62. The Morgan fingerprint density at radius 3 is 2.00 bits per heavy atom. The van der Waals surface area contributed by atoms with Crippen molar-refractivity contribution in [1.29, 1.82) is 0 Å². The van der Waals surface area contributed by atoms with Crippen molar-refractivity contribution in [3.05, 3.63) is 107 Å². The Morgan fingerprint density at radius 1 is 0.533 bits per heavy atom. The maximum absolute atomic E-state index is 2.39. The first-order chi connectivity index (χ1) is 14.5. The average molecular weight is 395 g/mol. The monoisotopic (exact) mass is 394 g/mol.